The molecule has 3 rings (SSSR count). The number of aromatic nitrogens is 1. The fourth-order valence-corrected chi connectivity index (χ4v) is 2.66. The molecule has 1 aliphatic rings. The smallest absolute Gasteiger partial charge is 0.213 e. The van der Waals surface area contributed by atoms with Crippen molar-refractivity contribution in [1.29, 1.82) is 0 Å². The number of hydrogen-bond donors (Lipinski definition) is 0. The van der Waals surface area contributed by atoms with Crippen molar-refractivity contribution in [2.45, 2.75) is 19.6 Å². The first-order valence-electron chi connectivity index (χ1n) is 7.84. The molecule has 5 heteroatoms. The van der Waals surface area contributed by atoms with Crippen LogP contribution in [0.2, 0.25) is 0 Å². The zero-order valence-corrected chi connectivity index (χ0v) is 13.2. The van der Waals surface area contributed by atoms with Crippen LogP contribution in [-0.2, 0) is 11.3 Å². The first kappa shape index (κ1) is 15.9. The summed E-state index contributed by atoms with van der Waals surface area (Å²) in [5.74, 6) is 0.418. The molecule has 0 saturated carbocycles. The van der Waals surface area contributed by atoms with Crippen molar-refractivity contribution in [2.24, 2.45) is 0 Å². The van der Waals surface area contributed by atoms with E-state index in [1.807, 2.05) is 37.3 Å². The summed E-state index contributed by atoms with van der Waals surface area (Å²) < 4.78 is 24.6. The lowest BCUT2D eigenvalue weighted by Gasteiger charge is -2.23. The Bertz CT molecular complexity index is 633. The predicted molar refractivity (Wildman–Crippen MR) is 85.9 cm³/mol. The van der Waals surface area contributed by atoms with Gasteiger partial charge in [-0.2, -0.15) is 0 Å². The van der Waals surface area contributed by atoms with Gasteiger partial charge in [-0.05, 0) is 30.7 Å². The lowest BCUT2D eigenvalue weighted by molar-refractivity contribution is 0.0682. The number of pyridine rings is 1. The minimum atomic E-state index is -0.209. The van der Waals surface area contributed by atoms with Crippen molar-refractivity contribution >= 4 is 0 Å². The van der Waals surface area contributed by atoms with Crippen molar-refractivity contribution in [3.8, 4) is 5.88 Å². The molecule has 4 nitrogen and oxygen atoms in total. The largest absolute Gasteiger partial charge is 0.471 e. The lowest BCUT2D eigenvalue weighted by atomic mass is 10.2. The molecule has 1 fully saturated rings. The van der Waals surface area contributed by atoms with Gasteiger partial charge in [-0.25, -0.2) is 9.37 Å². The van der Waals surface area contributed by atoms with E-state index >= 15 is 0 Å². The van der Waals surface area contributed by atoms with Crippen molar-refractivity contribution in [1.82, 2.24) is 9.88 Å². The minimum absolute atomic E-state index is 0.0627. The molecule has 0 spiro atoms. The second-order valence-electron chi connectivity index (χ2n) is 5.79. The maximum Gasteiger partial charge on any atom is 0.213 e. The summed E-state index contributed by atoms with van der Waals surface area (Å²) in [7, 11) is 0. The third kappa shape index (κ3) is 4.74. The van der Waals surface area contributed by atoms with Crippen LogP contribution < -0.4 is 4.74 Å². The predicted octanol–water partition coefficient (Wildman–Crippen LogP) is 2.81. The molecule has 1 aromatic heterocycles. The number of aryl methyl sites for hydroxylation is 1. The molecule has 0 radical (unpaired) electrons. The van der Waals surface area contributed by atoms with Crippen LogP contribution in [0.15, 0.2) is 42.5 Å². The lowest BCUT2D eigenvalue weighted by Crippen LogP contribution is -2.35. The van der Waals surface area contributed by atoms with Crippen molar-refractivity contribution < 1.29 is 13.9 Å². The van der Waals surface area contributed by atoms with E-state index in [1.165, 1.54) is 12.1 Å². The molecule has 1 saturated heterocycles. The van der Waals surface area contributed by atoms with Gasteiger partial charge in [0.1, 0.15) is 11.9 Å². The van der Waals surface area contributed by atoms with Crippen LogP contribution in [0.5, 0.6) is 5.88 Å². The first-order chi connectivity index (χ1) is 11.2. The normalized spacial score (nSPS) is 19.3. The SMILES string of the molecule is Cc1cccc(O[C@H]2COCCN(Cc3ccc(F)cc3)C2)n1. The summed E-state index contributed by atoms with van der Waals surface area (Å²) in [6.45, 7) is 5.51. The van der Waals surface area contributed by atoms with E-state index in [-0.39, 0.29) is 11.9 Å². The highest BCUT2D eigenvalue weighted by Crippen LogP contribution is 2.14. The number of benzene rings is 1. The zero-order chi connectivity index (χ0) is 16.1. The van der Waals surface area contributed by atoms with Gasteiger partial charge in [-0.1, -0.05) is 18.2 Å². The van der Waals surface area contributed by atoms with Crippen LogP contribution in [0.1, 0.15) is 11.3 Å². The molecule has 122 valence electrons. The quantitative estimate of drug-likeness (QED) is 0.869. The van der Waals surface area contributed by atoms with Gasteiger partial charge in [0.2, 0.25) is 5.88 Å². The minimum Gasteiger partial charge on any atom is -0.471 e. The molecule has 0 bridgehead atoms. The third-order valence-electron chi connectivity index (χ3n) is 3.79. The molecular formula is C18H21FN2O2. The Morgan fingerprint density at radius 3 is 2.87 bits per heavy atom. The van der Waals surface area contributed by atoms with E-state index in [0.29, 0.717) is 19.1 Å². The summed E-state index contributed by atoms with van der Waals surface area (Å²) in [5.41, 5.74) is 2.01. The van der Waals surface area contributed by atoms with Crippen molar-refractivity contribution in [2.75, 3.05) is 26.3 Å². The number of hydrogen-bond acceptors (Lipinski definition) is 4. The van der Waals surface area contributed by atoms with Gasteiger partial charge in [0.25, 0.3) is 0 Å². The third-order valence-corrected chi connectivity index (χ3v) is 3.79. The van der Waals surface area contributed by atoms with E-state index < -0.39 is 0 Å². The van der Waals surface area contributed by atoms with Gasteiger partial charge < -0.3 is 9.47 Å². The molecule has 0 N–H and O–H groups in total. The van der Waals surface area contributed by atoms with Crippen molar-refractivity contribution in [3.63, 3.8) is 0 Å². The Hall–Kier alpha value is -1.98. The summed E-state index contributed by atoms with van der Waals surface area (Å²) in [6, 6.07) is 12.4. The van der Waals surface area contributed by atoms with Gasteiger partial charge in [0, 0.05) is 31.4 Å². The Labute approximate surface area is 135 Å². The van der Waals surface area contributed by atoms with E-state index in [2.05, 4.69) is 9.88 Å². The van der Waals surface area contributed by atoms with Gasteiger partial charge >= 0.3 is 0 Å². The first-order valence-corrected chi connectivity index (χ1v) is 7.84. The molecule has 23 heavy (non-hydrogen) atoms. The molecule has 2 heterocycles. The summed E-state index contributed by atoms with van der Waals surface area (Å²) in [4.78, 5) is 6.64. The maximum atomic E-state index is 13.0. The van der Waals surface area contributed by atoms with E-state index in [4.69, 9.17) is 9.47 Å². The highest BCUT2D eigenvalue weighted by atomic mass is 19.1. The highest BCUT2D eigenvalue weighted by molar-refractivity contribution is 5.16. The van der Waals surface area contributed by atoms with Crippen LogP contribution in [-0.4, -0.2) is 42.3 Å². The van der Waals surface area contributed by atoms with Crippen LogP contribution in [0.4, 0.5) is 4.39 Å². The average molecular weight is 316 g/mol. The van der Waals surface area contributed by atoms with Crippen molar-refractivity contribution in [3.05, 3.63) is 59.5 Å². The average Bonchev–Trinajstić information content (AvgIpc) is 2.75. The van der Waals surface area contributed by atoms with Crippen LogP contribution >= 0.6 is 0 Å². The van der Waals surface area contributed by atoms with Crippen LogP contribution in [0.3, 0.4) is 0 Å². The van der Waals surface area contributed by atoms with Gasteiger partial charge in [0.05, 0.1) is 13.2 Å². The topological polar surface area (TPSA) is 34.6 Å². The maximum absolute atomic E-state index is 13.0. The summed E-state index contributed by atoms with van der Waals surface area (Å²) >= 11 is 0. The Balaban J connectivity index is 1.62. The zero-order valence-electron chi connectivity index (χ0n) is 13.2. The fraction of sp³-hybridized carbons (Fsp3) is 0.389. The Kier molecular flexibility index (Phi) is 5.20. The molecule has 1 aromatic carbocycles. The summed E-state index contributed by atoms with van der Waals surface area (Å²) in [6.07, 6.45) is -0.0627. The van der Waals surface area contributed by atoms with Gasteiger partial charge in [-0.15, -0.1) is 0 Å². The van der Waals surface area contributed by atoms with E-state index in [1.54, 1.807) is 0 Å². The number of rotatable bonds is 4. The molecule has 1 atom stereocenters. The molecule has 1 aliphatic heterocycles. The fourth-order valence-electron chi connectivity index (χ4n) is 2.66. The van der Waals surface area contributed by atoms with Crippen LogP contribution in [0.25, 0.3) is 0 Å². The van der Waals surface area contributed by atoms with Crippen LogP contribution in [0, 0.1) is 12.7 Å². The van der Waals surface area contributed by atoms with Gasteiger partial charge in [-0.3, -0.25) is 4.90 Å². The molecular weight excluding hydrogens is 295 g/mol. The number of nitrogens with zero attached hydrogens (tertiary/aromatic N) is 2. The molecule has 0 amide bonds. The second-order valence-corrected chi connectivity index (χ2v) is 5.79. The Morgan fingerprint density at radius 2 is 2.09 bits per heavy atom. The van der Waals surface area contributed by atoms with Gasteiger partial charge in [0.15, 0.2) is 0 Å². The molecule has 2 aromatic rings. The summed E-state index contributed by atoms with van der Waals surface area (Å²) in [5, 5.41) is 0. The second kappa shape index (κ2) is 7.53. The monoisotopic (exact) mass is 316 g/mol. The van der Waals surface area contributed by atoms with E-state index in [0.717, 1.165) is 30.9 Å². The number of ether oxygens (including phenoxy) is 2. The molecule has 0 aliphatic carbocycles. The highest BCUT2D eigenvalue weighted by Gasteiger charge is 2.20. The molecule has 0 unspecified atom stereocenters. The Morgan fingerprint density at radius 1 is 1.26 bits per heavy atom. The number of halogens is 1. The van der Waals surface area contributed by atoms with E-state index in [9.17, 15) is 4.39 Å². The standard InChI is InChI=1S/C18H21FN2O2/c1-14-3-2-4-18(20-14)23-17-12-21(9-10-22-13-17)11-15-5-7-16(19)8-6-15/h2-8,17H,9-13H2,1H3/t17-/m1/s1.